The second-order valence-corrected chi connectivity index (χ2v) is 22.4. The molecule has 0 N–H and O–H groups in total. The standard InChI is InChI=1S/C54H67ClN2O8S/c1-8-38(33-66(59,60)57(30-36-11-18-45(61-5)19-12-36)31-37-13-20-46(62-6)21-14-37)42-26-43(27-42)51(63-7)47-22-15-41(47)32-56-34-54(25-9-10-39-28-44(55)17-23-48(39)54)35-64-50-24-16-40(29-49(50)56)52(58)65-53(2,3)4/h11-14,16-21,23-24,26,28-29,38,41-42,47,51H,8-10,15,22,25,27,30-35H2,1-7H3/t38-,41+,42-,47-,51+,54+/m1/s1. The normalized spacial score (nSPS) is 22.4. The van der Waals surface area contributed by atoms with E-state index in [1.165, 1.54) is 16.7 Å². The van der Waals surface area contributed by atoms with Gasteiger partial charge in [0.2, 0.25) is 10.0 Å². The highest BCUT2D eigenvalue weighted by atomic mass is 35.5. The fourth-order valence-corrected chi connectivity index (χ4v) is 12.9. The number of hydrogen-bond acceptors (Lipinski definition) is 9. The number of carbonyl (C=O) groups is 1. The Bertz CT molecular complexity index is 2440. The number of benzene rings is 4. The third-order valence-electron chi connectivity index (χ3n) is 14.5. The van der Waals surface area contributed by atoms with Crippen molar-refractivity contribution in [3.8, 4) is 17.2 Å². The van der Waals surface area contributed by atoms with Crippen molar-refractivity contribution in [1.29, 1.82) is 0 Å². The minimum absolute atomic E-state index is 0.0418. The Kier molecular flexibility index (Phi) is 14.5. The first kappa shape index (κ1) is 47.9. The number of esters is 1. The van der Waals surface area contributed by atoms with Gasteiger partial charge in [0.05, 0.1) is 43.9 Å². The third-order valence-corrected chi connectivity index (χ3v) is 16.6. The molecule has 1 aliphatic heterocycles. The summed E-state index contributed by atoms with van der Waals surface area (Å²) >= 11 is 6.54. The quantitative estimate of drug-likeness (QED) is 0.0756. The summed E-state index contributed by atoms with van der Waals surface area (Å²) in [5.41, 5.74) is 6.19. The Hall–Kier alpha value is -4.55. The lowest BCUT2D eigenvalue weighted by molar-refractivity contribution is -0.000497. The molecule has 1 fully saturated rings. The fourth-order valence-electron chi connectivity index (χ4n) is 10.8. The van der Waals surface area contributed by atoms with Crippen molar-refractivity contribution < 1.29 is 36.9 Å². The SMILES string of the molecule is CC[C@H](CS(=O)(=O)N(Cc1ccc(OC)cc1)Cc1ccc(OC)cc1)[C@@H]1C=C([C@H](OC)[C@@H]2CC[C@H]2CN2C[C@@]3(CCCc4cc(Cl)ccc43)COc3ccc(C(=O)OC(C)(C)C)cc32)C1. The van der Waals surface area contributed by atoms with Gasteiger partial charge in [-0.1, -0.05) is 61.4 Å². The number of halogens is 1. The van der Waals surface area contributed by atoms with Crippen molar-refractivity contribution in [2.45, 2.75) is 103 Å². The summed E-state index contributed by atoms with van der Waals surface area (Å²) < 4.78 is 60.2. The van der Waals surface area contributed by atoms with Crippen LogP contribution in [0.3, 0.4) is 0 Å². The summed E-state index contributed by atoms with van der Waals surface area (Å²) in [4.78, 5) is 15.9. The number of ether oxygens (including phenoxy) is 5. The van der Waals surface area contributed by atoms with Crippen molar-refractivity contribution in [2.75, 3.05) is 51.7 Å². The molecular weight excluding hydrogens is 872 g/mol. The van der Waals surface area contributed by atoms with E-state index >= 15 is 0 Å². The minimum Gasteiger partial charge on any atom is -0.497 e. The van der Waals surface area contributed by atoms with Gasteiger partial charge < -0.3 is 28.6 Å². The Morgan fingerprint density at radius 2 is 1.59 bits per heavy atom. The molecule has 3 aliphatic carbocycles. The predicted molar refractivity (Wildman–Crippen MR) is 261 cm³/mol. The number of rotatable bonds is 17. The fraction of sp³-hybridized carbons (Fsp3) is 0.500. The van der Waals surface area contributed by atoms with Gasteiger partial charge in [0, 0.05) is 43.7 Å². The number of nitrogens with zero attached hydrogens (tertiary/aromatic N) is 2. The van der Waals surface area contributed by atoms with Crippen LogP contribution in [0.1, 0.15) is 98.8 Å². The molecule has 66 heavy (non-hydrogen) atoms. The minimum atomic E-state index is -3.68. The first-order valence-corrected chi connectivity index (χ1v) is 25.6. The second kappa shape index (κ2) is 20.0. The summed E-state index contributed by atoms with van der Waals surface area (Å²) in [7, 11) is 1.38. The van der Waals surface area contributed by atoms with Gasteiger partial charge in [-0.2, -0.15) is 4.31 Å². The molecule has 0 unspecified atom stereocenters. The van der Waals surface area contributed by atoms with E-state index in [9.17, 15) is 13.2 Å². The van der Waals surface area contributed by atoms with Crippen LogP contribution in [0.25, 0.3) is 0 Å². The summed E-state index contributed by atoms with van der Waals surface area (Å²) in [5, 5.41) is 0.751. The van der Waals surface area contributed by atoms with Crippen molar-refractivity contribution in [3.63, 3.8) is 0 Å². The van der Waals surface area contributed by atoms with E-state index in [0.29, 0.717) is 24.0 Å². The summed E-state index contributed by atoms with van der Waals surface area (Å²) in [5.74, 6) is 2.67. The zero-order valence-electron chi connectivity index (χ0n) is 39.7. The van der Waals surface area contributed by atoms with E-state index in [0.717, 1.165) is 97.1 Å². The smallest absolute Gasteiger partial charge is 0.338 e. The van der Waals surface area contributed by atoms with Gasteiger partial charge >= 0.3 is 5.97 Å². The average molecular weight is 940 g/mol. The number of methoxy groups -OCH3 is 3. The molecule has 0 saturated heterocycles. The molecule has 1 spiro atoms. The lowest BCUT2D eigenvalue weighted by Crippen LogP contribution is -2.50. The lowest BCUT2D eigenvalue weighted by atomic mass is 9.64. The predicted octanol–water partition coefficient (Wildman–Crippen LogP) is 10.8. The Balaban J connectivity index is 1.01. The molecule has 4 aromatic rings. The number of aryl methyl sites for hydroxylation is 1. The molecule has 6 atom stereocenters. The topological polar surface area (TPSA) is 104 Å². The molecule has 0 amide bonds. The number of fused-ring (bicyclic) bond motifs is 3. The number of sulfonamides is 1. The Labute approximate surface area is 397 Å². The van der Waals surface area contributed by atoms with Crippen LogP contribution in [0, 0.1) is 23.7 Å². The monoisotopic (exact) mass is 938 g/mol. The molecule has 0 radical (unpaired) electrons. The van der Waals surface area contributed by atoms with Gasteiger partial charge in [-0.25, -0.2) is 13.2 Å². The van der Waals surface area contributed by atoms with Crippen LogP contribution in [0.5, 0.6) is 17.2 Å². The number of hydrogen-bond donors (Lipinski definition) is 0. The van der Waals surface area contributed by atoms with Crippen LogP contribution in [-0.4, -0.2) is 77.2 Å². The van der Waals surface area contributed by atoms with Crippen LogP contribution in [0.15, 0.2) is 96.6 Å². The van der Waals surface area contributed by atoms with Gasteiger partial charge in [-0.3, -0.25) is 0 Å². The second-order valence-electron chi connectivity index (χ2n) is 20.0. The van der Waals surface area contributed by atoms with Crippen LogP contribution in [0.4, 0.5) is 5.69 Å². The van der Waals surface area contributed by atoms with Crippen LogP contribution < -0.4 is 19.1 Å². The van der Waals surface area contributed by atoms with Gasteiger partial charge in [0.1, 0.15) is 22.8 Å². The first-order chi connectivity index (χ1) is 31.6. The molecule has 1 heterocycles. The molecule has 12 heteroatoms. The maximum Gasteiger partial charge on any atom is 0.338 e. The van der Waals surface area contributed by atoms with Crippen molar-refractivity contribution in [1.82, 2.24) is 4.31 Å². The Morgan fingerprint density at radius 3 is 2.17 bits per heavy atom. The molecular formula is C54H67ClN2O8S. The molecule has 4 aromatic carbocycles. The molecule has 1 saturated carbocycles. The summed E-state index contributed by atoms with van der Waals surface area (Å²) in [6, 6.07) is 27.2. The average Bonchev–Trinajstić information content (AvgIpc) is 3.42. The van der Waals surface area contributed by atoms with Crippen LogP contribution >= 0.6 is 11.6 Å². The highest BCUT2D eigenvalue weighted by molar-refractivity contribution is 7.89. The molecule has 4 aliphatic rings. The first-order valence-electron chi connectivity index (χ1n) is 23.6. The van der Waals surface area contributed by atoms with E-state index < -0.39 is 15.6 Å². The van der Waals surface area contributed by atoms with Gasteiger partial charge in [-0.05, 0) is 165 Å². The summed E-state index contributed by atoms with van der Waals surface area (Å²) in [6.45, 7) is 10.3. The maximum absolute atomic E-state index is 14.5. The largest absolute Gasteiger partial charge is 0.497 e. The van der Waals surface area contributed by atoms with Crippen LogP contribution in [0.2, 0.25) is 5.02 Å². The van der Waals surface area contributed by atoms with E-state index in [-0.39, 0.29) is 48.2 Å². The van der Waals surface area contributed by atoms with Gasteiger partial charge in [0.25, 0.3) is 0 Å². The van der Waals surface area contributed by atoms with E-state index in [1.807, 2.05) is 101 Å². The van der Waals surface area contributed by atoms with E-state index in [2.05, 4.69) is 30.0 Å². The summed E-state index contributed by atoms with van der Waals surface area (Å²) in [6.07, 6.45) is 8.94. The molecule has 0 bridgehead atoms. The van der Waals surface area contributed by atoms with Crippen LogP contribution in [-0.2, 0) is 44.4 Å². The molecule has 10 nitrogen and oxygen atoms in total. The van der Waals surface area contributed by atoms with E-state index in [4.69, 9.17) is 35.3 Å². The molecule has 0 aromatic heterocycles. The Morgan fingerprint density at radius 1 is 0.924 bits per heavy atom. The lowest BCUT2D eigenvalue weighted by Gasteiger charge is -2.48. The van der Waals surface area contributed by atoms with Crippen molar-refractivity contribution >= 4 is 33.3 Å². The van der Waals surface area contributed by atoms with Crippen molar-refractivity contribution in [2.24, 2.45) is 23.7 Å². The molecule has 354 valence electrons. The number of anilines is 1. The number of carbonyl (C=O) groups excluding carboxylic acids is 1. The van der Waals surface area contributed by atoms with E-state index in [1.54, 1.807) is 18.5 Å². The molecule has 8 rings (SSSR count). The highest BCUT2D eigenvalue weighted by Crippen LogP contribution is 2.49. The number of allylic oxidation sites excluding steroid dienone is 1. The maximum atomic E-state index is 14.5. The zero-order chi connectivity index (χ0) is 46.8. The van der Waals surface area contributed by atoms with Gasteiger partial charge in [-0.15, -0.1) is 0 Å². The zero-order valence-corrected chi connectivity index (χ0v) is 41.3. The third kappa shape index (κ3) is 10.6. The van der Waals surface area contributed by atoms with Gasteiger partial charge in [0.15, 0.2) is 0 Å². The van der Waals surface area contributed by atoms with Crippen molar-refractivity contribution in [3.05, 3.63) is 129 Å². The highest BCUT2D eigenvalue weighted by Gasteiger charge is 2.46.